The van der Waals surface area contributed by atoms with Gasteiger partial charge in [0.1, 0.15) is 0 Å². The number of nitrogens with two attached hydrogens (primary N) is 1. The molecule has 108 valence electrons. The van der Waals surface area contributed by atoms with Crippen molar-refractivity contribution in [2.45, 2.75) is 6.54 Å². The maximum atomic E-state index is 11.8. The SMILES string of the molecule is NCc1ccc(NC(=O)Nc2ccc([N+](=O)[O-])cc2)cc1. The third-order valence-corrected chi connectivity index (χ3v) is 2.78. The van der Waals surface area contributed by atoms with Gasteiger partial charge in [-0.15, -0.1) is 0 Å². The van der Waals surface area contributed by atoms with Gasteiger partial charge in [0.25, 0.3) is 5.69 Å². The van der Waals surface area contributed by atoms with E-state index in [9.17, 15) is 14.9 Å². The quantitative estimate of drug-likeness (QED) is 0.592. The zero-order valence-electron chi connectivity index (χ0n) is 11.1. The van der Waals surface area contributed by atoms with Gasteiger partial charge < -0.3 is 16.4 Å². The number of carbonyl (C=O) groups is 1. The minimum absolute atomic E-state index is 0.0293. The molecular formula is C14H14N4O3. The molecule has 2 rings (SSSR count). The van der Waals surface area contributed by atoms with Gasteiger partial charge in [0.15, 0.2) is 0 Å². The van der Waals surface area contributed by atoms with Crippen LogP contribution < -0.4 is 16.4 Å². The van der Waals surface area contributed by atoms with E-state index >= 15 is 0 Å². The van der Waals surface area contributed by atoms with Crippen LogP contribution in [0.15, 0.2) is 48.5 Å². The molecule has 0 heterocycles. The van der Waals surface area contributed by atoms with E-state index in [1.54, 1.807) is 12.1 Å². The normalized spacial score (nSPS) is 9.95. The predicted octanol–water partition coefficient (Wildman–Crippen LogP) is 2.70. The van der Waals surface area contributed by atoms with Crippen molar-refractivity contribution in [3.63, 3.8) is 0 Å². The van der Waals surface area contributed by atoms with Gasteiger partial charge in [-0.1, -0.05) is 12.1 Å². The highest BCUT2D eigenvalue weighted by Gasteiger charge is 2.06. The molecule has 2 aromatic rings. The number of nitro groups is 1. The van der Waals surface area contributed by atoms with Gasteiger partial charge in [0, 0.05) is 30.1 Å². The summed E-state index contributed by atoms with van der Waals surface area (Å²) < 4.78 is 0. The number of non-ortho nitro benzene ring substituents is 1. The molecule has 2 aromatic carbocycles. The maximum Gasteiger partial charge on any atom is 0.323 e. The summed E-state index contributed by atoms with van der Waals surface area (Å²) >= 11 is 0. The van der Waals surface area contributed by atoms with E-state index in [1.807, 2.05) is 12.1 Å². The Labute approximate surface area is 120 Å². The molecule has 0 aliphatic rings. The summed E-state index contributed by atoms with van der Waals surface area (Å²) in [6, 6.07) is 12.3. The van der Waals surface area contributed by atoms with E-state index in [-0.39, 0.29) is 5.69 Å². The van der Waals surface area contributed by atoms with Crippen LogP contribution in [0.3, 0.4) is 0 Å². The molecule has 0 unspecified atom stereocenters. The molecule has 7 heteroatoms. The first kappa shape index (κ1) is 14.5. The monoisotopic (exact) mass is 286 g/mol. The Hall–Kier alpha value is -2.93. The van der Waals surface area contributed by atoms with Gasteiger partial charge >= 0.3 is 6.03 Å². The molecular weight excluding hydrogens is 272 g/mol. The van der Waals surface area contributed by atoms with Gasteiger partial charge in [-0.05, 0) is 29.8 Å². The summed E-state index contributed by atoms with van der Waals surface area (Å²) in [5.74, 6) is 0. The van der Waals surface area contributed by atoms with Crippen LogP contribution in [0.2, 0.25) is 0 Å². The second-order valence-electron chi connectivity index (χ2n) is 4.28. The number of carbonyl (C=O) groups excluding carboxylic acids is 1. The minimum atomic E-state index is -0.497. The van der Waals surface area contributed by atoms with E-state index in [2.05, 4.69) is 10.6 Å². The molecule has 0 bridgehead atoms. The Morgan fingerprint density at radius 3 is 1.90 bits per heavy atom. The smallest absolute Gasteiger partial charge is 0.323 e. The predicted molar refractivity (Wildman–Crippen MR) is 80.1 cm³/mol. The first-order valence-corrected chi connectivity index (χ1v) is 6.20. The van der Waals surface area contributed by atoms with Crippen LogP contribution in [0.4, 0.5) is 21.9 Å². The third kappa shape index (κ3) is 4.02. The number of hydrogen-bond acceptors (Lipinski definition) is 4. The molecule has 0 radical (unpaired) electrons. The molecule has 0 spiro atoms. The minimum Gasteiger partial charge on any atom is -0.326 e. The lowest BCUT2D eigenvalue weighted by Crippen LogP contribution is -2.19. The largest absolute Gasteiger partial charge is 0.326 e. The molecule has 0 saturated heterocycles. The summed E-state index contributed by atoms with van der Waals surface area (Å²) in [6.45, 7) is 0.440. The van der Waals surface area contributed by atoms with Crippen LogP contribution in [-0.2, 0) is 6.54 Å². The van der Waals surface area contributed by atoms with Gasteiger partial charge in [0.05, 0.1) is 4.92 Å². The highest BCUT2D eigenvalue weighted by atomic mass is 16.6. The van der Waals surface area contributed by atoms with Crippen LogP contribution >= 0.6 is 0 Å². The van der Waals surface area contributed by atoms with Crippen molar-refractivity contribution < 1.29 is 9.72 Å². The molecule has 7 nitrogen and oxygen atoms in total. The molecule has 0 atom stereocenters. The Balaban J connectivity index is 1.95. The van der Waals surface area contributed by atoms with Crippen molar-refractivity contribution in [2.75, 3.05) is 10.6 Å². The molecule has 0 aliphatic heterocycles. The number of anilines is 2. The molecule has 0 aliphatic carbocycles. The van der Waals surface area contributed by atoms with Crippen LogP contribution in [0, 0.1) is 10.1 Å². The first-order chi connectivity index (χ1) is 10.1. The average Bonchev–Trinajstić information content (AvgIpc) is 2.48. The lowest BCUT2D eigenvalue weighted by molar-refractivity contribution is -0.384. The summed E-state index contributed by atoms with van der Waals surface area (Å²) in [6.07, 6.45) is 0. The number of nitrogens with one attached hydrogen (secondary N) is 2. The Kier molecular flexibility index (Phi) is 4.47. The Morgan fingerprint density at radius 1 is 1.00 bits per heavy atom. The van der Waals surface area contributed by atoms with Crippen molar-refractivity contribution in [1.29, 1.82) is 0 Å². The van der Waals surface area contributed by atoms with E-state index in [0.717, 1.165) is 5.56 Å². The van der Waals surface area contributed by atoms with Crippen LogP contribution in [0.25, 0.3) is 0 Å². The Morgan fingerprint density at radius 2 is 1.48 bits per heavy atom. The third-order valence-electron chi connectivity index (χ3n) is 2.78. The van der Waals surface area contributed by atoms with Gasteiger partial charge in [-0.25, -0.2) is 4.79 Å². The van der Waals surface area contributed by atoms with E-state index in [0.29, 0.717) is 17.9 Å². The zero-order chi connectivity index (χ0) is 15.2. The molecule has 0 aromatic heterocycles. The second-order valence-corrected chi connectivity index (χ2v) is 4.28. The lowest BCUT2D eigenvalue weighted by Gasteiger charge is -2.08. The molecule has 0 fully saturated rings. The first-order valence-electron chi connectivity index (χ1n) is 6.20. The highest BCUT2D eigenvalue weighted by Crippen LogP contribution is 2.16. The molecule has 2 amide bonds. The standard InChI is InChI=1S/C14H14N4O3/c15-9-10-1-3-11(4-2-10)16-14(19)17-12-5-7-13(8-6-12)18(20)21/h1-8H,9,15H2,(H2,16,17,19). The summed E-state index contributed by atoms with van der Waals surface area (Å²) in [7, 11) is 0. The number of nitrogens with zero attached hydrogens (tertiary/aromatic N) is 1. The average molecular weight is 286 g/mol. The summed E-state index contributed by atoms with van der Waals surface area (Å²) in [5.41, 5.74) is 7.53. The topological polar surface area (TPSA) is 110 Å². The summed E-state index contributed by atoms with van der Waals surface area (Å²) in [4.78, 5) is 21.8. The van der Waals surface area contributed by atoms with Crippen molar-refractivity contribution in [3.8, 4) is 0 Å². The van der Waals surface area contributed by atoms with Crippen LogP contribution in [0.1, 0.15) is 5.56 Å². The zero-order valence-corrected chi connectivity index (χ0v) is 11.1. The highest BCUT2D eigenvalue weighted by molar-refractivity contribution is 5.99. The van der Waals surface area contributed by atoms with Crippen molar-refractivity contribution in [3.05, 3.63) is 64.2 Å². The van der Waals surface area contributed by atoms with Crippen molar-refractivity contribution in [2.24, 2.45) is 5.73 Å². The fourth-order valence-corrected chi connectivity index (χ4v) is 1.68. The van der Waals surface area contributed by atoms with Crippen molar-refractivity contribution in [1.82, 2.24) is 0 Å². The van der Waals surface area contributed by atoms with Gasteiger partial charge in [-0.3, -0.25) is 10.1 Å². The number of nitro benzene ring substituents is 1. The van der Waals surface area contributed by atoms with Gasteiger partial charge in [-0.2, -0.15) is 0 Å². The fraction of sp³-hybridized carbons (Fsp3) is 0.0714. The van der Waals surface area contributed by atoms with Gasteiger partial charge in [0.2, 0.25) is 0 Å². The number of hydrogen-bond donors (Lipinski definition) is 3. The van der Waals surface area contributed by atoms with E-state index in [1.165, 1.54) is 24.3 Å². The fourth-order valence-electron chi connectivity index (χ4n) is 1.68. The van der Waals surface area contributed by atoms with E-state index < -0.39 is 11.0 Å². The number of benzene rings is 2. The molecule has 21 heavy (non-hydrogen) atoms. The number of urea groups is 1. The number of rotatable bonds is 4. The Bertz CT molecular complexity index is 638. The maximum absolute atomic E-state index is 11.8. The van der Waals surface area contributed by atoms with Crippen LogP contribution in [-0.4, -0.2) is 11.0 Å². The van der Waals surface area contributed by atoms with Crippen LogP contribution in [0.5, 0.6) is 0 Å². The molecule has 0 saturated carbocycles. The van der Waals surface area contributed by atoms with Crippen molar-refractivity contribution >= 4 is 23.1 Å². The number of amides is 2. The lowest BCUT2D eigenvalue weighted by atomic mass is 10.2. The van der Waals surface area contributed by atoms with E-state index in [4.69, 9.17) is 5.73 Å². The molecule has 4 N–H and O–H groups in total. The summed E-state index contributed by atoms with van der Waals surface area (Å²) in [5, 5.41) is 15.8. The second kappa shape index (κ2) is 6.49.